The summed E-state index contributed by atoms with van der Waals surface area (Å²) in [7, 11) is 0. The minimum Gasteiger partial charge on any atom is -0.324 e. The van der Waals surface area contributed by atoms with Crippen molar-refractivity contribution in [1.29, 1.82) is 5.26 Å². The minimum absolute atomic E-state index is 0.133. The van der Waals surface area contributed by atoms with Crippen LogP contribution in [0.5, 0.6) is 0 Å². The summed E-state index contributed by atoms with van der Waals surface area (Å²) in [6.07, 6.45) is 2.47. The van der Waals surface area contributed by atoms with Crippen LogP contribution in [0.4, 0.5) is 0 Å². The molecule has 0 saturated heterocycles. The van der Waals surface area contributed by atoms with E-state index in [1.807, 2.05) is 24.3 Å². The van der Waals surface area contributed by atoms with E-state index < -0.39 is 0 Å². The first-order valence-corrected chi connectivity index (χ1v) is 4.57. The number of benzene rings is 1. The number of nitrogens with zero attached hydrogens (tertiary/aromatic N) is 1. The van der Waals surface area contributed by atoms with Crippen molar-refractivity contribution < 1.29 is 0 Å². The zero-order chi connectivity index (χ0) is 9.26. The van der Waals surface area contributed by atoms with E-state index in [1.165, 1.54) is 12.8 Å². The van der Waals surface area contributed by atoms with E-state index in [0.717, 1.165) is 5.56 Å². The largest absolute Gasteiger partial charge is 0.324 e. The Hall–Kier alpha value is -1.33. The topological polar surface area (TPSA) is 49.8 Å². The molecule has 0 aliphatic heterocycles. The highest BCUT2D eigenvalue weighted by Crippen LogP contribution is 2.39. The molecule has 13 heavy (non-hydrogen) atoms. The van der Waals surface area contributed by atoms with E-state index in [-0.39, 0.29) is 6.04 Å². The van der Waals surface area contributed by atoms with E-state index >= 15 is 0 Å². The van der Waals surface area contributed by atoms with Crippen molar-refractivity contribution in [2.24, 2.45) is 11.7 Å². The molecule has 2 nitrogen and oxygen atoms in total. The molecular weight excluding hydrogens is 160 g/mol. The number of hydrogen-bond donors (Lipinski definition) is 1. The molecular formula is C11H12N2. The average molecular weight is 172 g/mol. The van der Waals surface area contributed by atoms with Gasteiger partial charge in [0, 0.05) is 6.04 Å². The van der Waals surface area contributed by atoms with Crippen LogP contribution in [0, 0.1) is 17.2 Å². The van der Waals surface area contributed by atoms with Gasteiger partial charge >= 0.3 is 0 Å². The van der Waals surface area contributed by atoms with E-state index in [1.54, 1.807) is 0 Å². The number of nitriles is 1. The highest BCUT2D eigenvalue weighted by molar-refractivity contribution is 5.34. The van der Waals surface area contributed by atoms with Crippen LogP contribution < -0.4 is 5.73 Å². The molecule has 2 rings (SSSR count). The Balaban J connectivity index is 2.24. The van der Waals surface area contributed by atoms with Gasteiger partial charge in [0.15, 0.2) is 0 Å². The van der Waals surface area contributed by atoms with Crippen LogP contribution >= 0.6 is 0 Å². The molecule has 1 aliphatic carbocycles. The second-order valence-electron chi connectivity index (χ2n) is 3.60. The molecule has 0 radical (unpaired) electrons. The Morgan fingerprint density at radius 3 is 2.85 bits per heavy atom. The molecule has 1 atom stereocenters. The third kappa shape index (κ3) is 1.71. The Kier molecular flexibility index (Phi) is 2.03. The molecule has 1 aliphatic rings. The van der Waals surface area contributed by atoms with Crippen molar-refractivity contribution in [3.8, 4) is 6.07 Å². The fraction of sp³-hybridized carbons (Fsp3) is 0.364. The lowest BCUT2D eigenvalue weighted by Gasteiger charge is -2.09. The van der Waals surface area contributed by atoms with Gasteiger partial charge in [-0.3, -0.25) is 0 Å². The zero-order valence-corrected chi connectivity index (χ0v) is 7.40. The standard InChI is InChI=1S/C11H12N2/c12-7-8-2-1-3-10(6-8)11(13)9-4-5-9/h1-3,6,9,11H,4-5,13H2. The summed E-state index contributed by atoms with van der Waals surface area (Å²) in [5, 5.41) is 8.71. The van der Waals surface area contributed by atoms with Crippen LogP contribution in [0.1, 0.15) is 30.0 Å². The first kappa shape index (κ1) is 8.28. The van der Waals surface area contributed by atoms with Crippen molar-refractivity contribution in [2.75, 3.05) is 0 Å². The van der Waals surface area contributed by atoms with Gasteiger partial charge in [0.1, 0.15) is 0 Å². The van der Waals surface area contributed by atoms with Gasteiger partial charge in [0.05, 0.1) is 11.6 Å². The van der Waals surface area contributed by atoms with E-state index in [0.29, 0.717) is 11.5 Å². The van der Waals surface area contributed by atoms with Crippen LogP contribution in [0.15, 0.2) is 24.3 Å². The molecule has 0 bridgehead atoms. The third-order valence-electron chi connectivity index (χ3n) is 2.53. The first-order valence-electron chi connectivity index (χ1n) is 4.57. The first-order chi connectivity index (χ1) is 6.31. The maximum Gasteiger partial charge on any atom is 0.0991 e. The Labute approximate surface area is 78.0 Å². The lowest BCUT2D eigenvalue weighted by Crippen LogP contribution is -2.12. The predicted octanol–water partition coefficient (Wildman–Crippen LogP) is 1.97. The maximum atomic E-state index is 8.71. The monoisotopic (exact) mass is 172 g/mol. The molecule has 0 amide bonds. The highest BCUT2D eigenvalue weighted by Gasteiger charge is 2.29. The fourth-order valence-electron chi connectivity index (χ4n) is 1.54. The summed E-state index contributed by atoms with van der Waals surface area (Å²) in [5.41, 5.74) is 7.82. The summed E-state index contributed by atoms with van der Waals surface area (Å²) in [4.78, 5) is 0. The van der Waals surface area contributed by atoms with Gasteiger partial charge in [-0.05, 0) is 36.5 Å². The molecule has 1 aromatic rings. The van der Waals surface area contributed by atoms with Gasteiger partial charge in [-0.2, -0.15) is 5.26 Å². The number of hydrogen-bond acceptors (Lipinski definition) is 2. The van der Waals surface area contributed by atoms with Crippen LogP contribution in [-0.4, -0.2) is 0 Å². The van der Waals surface area contributed by atoms with Crippen LogP contribution in [-0.2, 0) is 0 Å². The molecule has 2 N–H and O–H groups in total. The van der Waals surface area contributed by atoms with E-state index in [4.69, 9.17) is 11.0 Å². The van der Waals surface area contributed by atoms with Crippen molar-refractivity contribution in [3.05, 3.63) is 35.4 Å². The van der Waals surface area contributed by atoms with E-state index in [9.17, 15) is 0 Å². The van der Waals surface area contributed by atoms with Crippen molar-refractivity contribution in [2.45, 2.75) is 18.9 Å². The second kappa shape index (κ2) is 3.20. The lowest BCUT2D eigenvalue weighted by atomic mass is 10.0. The molecule has 0 heterocycles. The molecule has 1 unspecified atom stereocenters. The van der Waals surface area contributed by atoms with Gasteiger partial charge < -0.3 is 5.73 Å². The Morgan fingerprint density at radius 2 is 2.23 bits per heavy atom. The van der Waals surface area contributed by atoms with Crippen LogP contribution in [0.2, 0.25) is 0 Å². The molecule has 1 fully saturated rings. The summed E-state index contributed by atoms with van der Waals surface area (Å²) < 4.78 is 0. The highest BCUT2D eigenvalue weighted by atomic mass is 14.7. The summed E-state index contributed by atoms with van der Waals surface area (Å²) >= 11 is 0. The quantitative estimate of drug-likeness (QED) is 0.741. The van der Waals surface area contributed by atoms with Crippen molar-refractivity contribution >= 4 is 0 Å². The Morgan fingerprint density at radius 1 is 1.46 bits per heavy atom. The predicted molar refractivity (Wildman–Crippen MR) is 50.8 cm³/mol. The summed E-state index contributed by atoms with van der Waals surface area (Å²) in [6, 6.07) is 9.86. The smallest absolute Gasteiger partial charge is 0.0991 e. The summed E-state index contributed by atoms with van der Waals surface area (Å²) in [6.45, 7) is 0. The van der Waals surface area contributed by atoms with Crippen LogP contribution in [0.25, 0.3) is 0 Å². The molecule has 66 valence electrons. The maximum absolute atomic E-state index is 8.71. The zero-order valence-electron chi connectivity index (χ0n) is 7.40. The van der Waals surface area contributed by atoms with Gasteiger partial charge in [0.25, 0.3) is 0 Å². The van der Waals surface area contributed by atoms with Gasteiger partial charge in [-0.15, -0.1) is 0 Å². The molecule has 1 aromatic carbocycles. The summed E-state index contributed by atoms with van der Waals surface area (Å²) in [5.74, 6) is 0.647. The molecule has 1 saturated carbocycles. The Bertz CT molecular complexity index is 347. The van der Waals surface area contributed by atoms with Gasteiger partial charge in [0.2, 0.25) is 0 Å². The van der Waals surface area contributed by atoms with Gasteiger partial charge in [-0.1, -0.05) is 12.1 Å². The molecule has 0 aromatic heterocycles. The number of nitrogens with two attached hydrogens (primary N) is 1. The third-order valence-corrected chi connectivity index (χ3v) is 2.53. The lowest BCUT2D eigenvalue weighted by molar-refractivity contribution is 0.633. The SMILES string of the molecule is N#Cc1cccc(C(N)C2CC2)c1. The minimum atomic E-state index is 0.133. The van der Waals surface area contributed by atoms with Crippen LogP contribution in [0.3, 0.4) is 0 Å². The molecule has 0 spiro atoms. The van der Waals surface area contributed by atoms with Crippen molar-refractivity contribution in [1.82, 2.24) is 0 Å². The molecule has 2 heteroatoms. The fourth-order valence-corrected chi connectivity index (χ4v) is 1.54. The van der Waals surface area contributed by atoms with Gasteiger partial charge in [-0.25, -0.2) is 0 Å². The van der Waals surface area contributed by atoms with Crippen molar-refractivity contribution in [3.63, 3.8) is 0 Å². The normalized spacial score (nSPS) is 17.8. The second-order valence-corrected chi connectivity index (χ2v) is 3.60. The number of rotatable bonds is 2. The average Bonchev–Trinajstić information content (AvgIpc) is 3.00. The van der Waals surface area contributed by atoms with E-state index in [2.05, 4.69) is 6.07 Å².